The summed E-state index contributed by atoms with van der Waals surface area (Å²) >= 11 is 1.45. The fourth-order valence-electron chi connectivity index (χ4n) is 1.08. The van der Waals surface area contributed by atoms with Crippen molar-refractivity contribution in [2.45, 2.75) is 6.92 Å². The number of hydrogen-bond acceptors (Lipinski definition) is 1. The quantitative estimate of drug-likeness (QED) is 0.562. The average Bonchev–Trinajstić information content (AvgIpc) is 2.31. The number of benzene rings is 1. The number of halogens is 1. The van der Waals surface area contributed by atoms with Crippen molar-refractivity contribution < 1.29 is 4.39 Å². The molecule has 0 spiro atoms. The van der Waals surface area contributed by atoms with Crippen molar-refractivity contribution in [2.24, 2.45) is 0 Å². The Morgan fingerprint density at radius 1 is 1.45 bits per heavy atom. The molecule has 0 unspecified atom stereocenters. The maximum Gasteiger partial charge on any atom is 0.141 e. The van der Waals surface area contributed by atoms with E-state index in [1.165, 1.54) is 17.4 Å². The second-order valence-corrected chi connectivity index (χ2v) is 3.62. The molecular weight excluding hydrogens is 159 g/mol. The van der Waals surface area contributed by atoms with Gasteiger partial charge in [0.25, 0.3) is 0 Å². The maximum atomic E-state index is 13.0. The molecule has 55 valence electrons. The average molecular weight is 165 g/mol. The largest absolute Gasteiger partial charge is 0.205 e. The zero-order chi connectivity index (χ0) is 7.84. The number of aryl methyl sites for hydroxylation is 1. The van der Waals surface area contributed by atoms with Crippen LogP contribution in [0.25, 0.3) is 10.1 Å². The van der Waals surface area contributed by atoms with Crippen LogP contribution in [0.4, 0.5) is 4.39 Å². The van der Waals surface area contributed by atoms with E-state index in [0.717, 1.165) is 10.3 Å². The zero-order valence-corrected chi connectivity index (χ0v) is 6.83. The highest BCUT2D eigenvalue weighted by molar-refractivity contribution is 7.18. The van der Waals surface area contributed by atoms with E-state index in [-0.39, 0.29) is 5.82 Å². The van der Waals surface area contributed by atoms with Crippen LogP contribution in [-0.2, 0) is 0 Å². The fraction of sp³-hybridized carbons (Fsp3) is 0.111. The van der Waals surface area contributed by atoms with Gasteiger partial charge in [0, 0.05) is 16.3 Å². The molecule has 0 saturated carbocycles. The molecule has 11 heavy (non-hydrogen) atoms. The van der Waals surface area contributed by atoms with Crippen LogP contribution >= 0.6 is 11.3 Å². The summed E-state index contributed by atoms with van der Waals surface area (Å²) in [4.78, 5) is 1.03. The van der Waals surface area contributed by atoms with Gasteiger partial charge in [-0.2, -0.15) is 0 Å². The first-order chi connectivity index (χ1) is 5.27. The van der Waals surface area contributed by atoms with E-state index in [1.54, 1.807) is 6.07 Å². The molecule has 0 aliphatic rings. The highest BCUT2D eigenvalue weighted by Gasteiger charge is 2.02. The Morgan fingerprint density at radius 3 is 3.00 bits per heavy atom. The standard InChI is InChI=1S/C9H6FS/c1-6-5-7-3-2-4-8(10)9(7)11-6/h2-4H,1H3. The van der Waals surface area contributed by atoms with Gasteiger partial charge in [0.1, 0.15) is 5.82 Å². The van der Waals surface area contributed by atoms with Gasteiger partial charge in [-0.05, 0) is 13.0 Å². The first-order valence-corrected chi connectivity index (χ1v) is 4.16. The number of hydrogen-bond donors (Lipinski definition) is 0. The van der Waals surface area contributed by atoms with Crippen molar-refractivity contribution in [2.75, 3.05) is 0 Å². The first-order valence-electron chi connectivity index (χ1n) is 3.34. The van der Waals surface area contributed by atoms with Crippen LogP contribution < -0.4 is 0 Å². The summed E-state index contributed by atoms with van der Waals surface area (Å²) in [7, 11) is 0. The molecule has 0 fully saturated rings. The first kappa shape index (κ1) is 6.80. The Kier molecular flexibility index (Phi) is 1.43. The van der Waals surface area contributed by atoms with E-state index in [9.17, 15) is 4.39 Å². The molecule has 0 N–H and O–H groups in total. The zero-order valence-electron chi connectivity index (χ0n) is 6.02. The van der Waals surface area contributed by atoms with E-state index >= 15 is 0 Å². The van der Waals surface area contributed by atoms with E-state index in [2.05, 4.69) is 6.07 Å². The van der Waals surface area contributed by atoms with Crippen LogP contribution in [0.1, 0.15) is 4.88 Å². The van der Waals surface area contributed by atoms with Crippen molar-refractivity contribution in [3.8, 4) is 0 Å². The molecule has 1 radical (unpaired) electrons. The van der Waals surface area contributed by atoms with E-state index < -0.39 is 0 Å². The Labute approximate surface area is 68.3 Å². The molecule has 0 saturated heterocycles. The van der Waals surface area contributed by atoms with Gasteiger partial charge >= 0.3 is 0 Å². The molecular formula is C9H6FS. The van der Waals surface area contributed by atoms with Crippen LogP contribution in [0.2, 0.25) is 0 Å². The molecule has 0 nitrogen and oxygen atoms in total. The molecule has 2 aromatic rings. The van der Waals surface area contributed by atoms with Gasteiger partial charge in [-0.25, -0.2) is 4.39 Å². The number of rotatable bonds is 0. The van der Waals surface area contributed by atoms with Crippen molar-refractivity contribution in [1.29, 1.82) is 0 Å². The van der Waals surface area contributed by atoms with Crippen LogP contribution in [-0.4, -0.2) is 0 Å². The summed E-state index contributed by atoms with van der Waals surface area (Å²) in [6.07, 6.45) is 0. The molecule has 1 heterocycles. The van der Waals surface area contributed by atoms with Gasteiger partial charge in [0.05, 0.1) is 4.70 Å². The third kappa shape index (κ3) is 1.03. The van der Waals surface area contributed by atoms with E-state index in [1.807, 2.05) is 13.0 Å². The molecule has 0 aliphatic carbocycles. The van der Waals surface area contributed by atoms with Crippen LogP contribution in [0.5, 0.6) is 0 Å². The molecule has 0 amide bonds. The second kappa shape index (κ2) is 2.31. The lowest BCUT2D eigenvalue weighted by Crippen LogP contribution is -1.69. The minimum atomic E-state index is -0.142. The molecule has 0 bridgehead atoms. The van der Waals surface area contributed by atoms with E-state index in [4.69, 9.17) is 0 Å². The highest BCUT2D eigenvalue weighted by Crippen LogP contribution is 2.26. The van der Waals surface area contributed by atoms with Gasteiger partial charge in [0.15, 0.2) is 0 Å². The third-order valence-electron chi connectivity index (χ3n) is 1.53. The Balaban J connectivity index is 2.90. The second-order valence-electron chi connectivity index (χ2n) is 2.40. The van der Waals surface area contributed by atoms with Gasteiger partial charge in [-0.15, -0.1) is 11.3 Å². The van der Waals surface area contributed by atoms with Gasteiger partial charge in [0.2, 0.25) is 0 Å². The Morgan fingerprint density at radius 2 is 2.27 bits per heavy atom. The van der Waals surface area contributed by atoms with Crippen molar-refractivity contribution in [1.82, 2.24) is 0 Å². The van der Waals surface area contributed by atoms with Crippen LogP contribution in [0.3, 0.4) is 0 Å². The molecule has 0 aliphatic heterocycles. The van der Waals surface area contributed by atoms with Crippen molar-refractivity contribution in [3.05, 3.63) is 35.0 Å². The summed E-state index contributed by atoms with van der Waals surface area (Å²) in [5, 5.41) is 0.882. The molecule has 2 heteroatoms. The predicted octanol–water partition coefficient (Wildman–Crippen LogP) is 3.15. The van der Waals surface area contributed by atoms with E-state index in [0.29, 0.717) is 4.70 Å². The predicted molar refractivity (Wildman–Crippen MR) is 45.4 cm³/mol. The van der Waals surface area contributed by atoms with Gasteiger partial charge in [-0.1, -0.05) is 12.1 Å². The fourth-order valence-corrected chi connectivity index (χ4v) is 1.94. The number of thiophene rings is 1. The summed E-state index contributed by atoms with van der Waals surface area (Å²) in [6.45, 7) is 1.93. The lowest BCUT2D eigenvalue weighted by molar-refractivity contribution is 0.642. The molecule has 1 aromatic heterocycles. The Bertz CT molecular complexity index is 389. The topological polar surface area (TPSA) is 0 Å². The molecule has 0 atom stereocenters. The summed E-state index contributed by atoms with van der Waals surface area (Å²) < 4.78 is 13.7. The normalized spacial score (nSPS) is 10.7. The summed E-state index contributed by atoms with van der Waals surface area (Å²) in [5.41, 5.74) is 0. The van der Waals surface area contributed by atoms with Gasteiger partial charge in [-0.3, -0.25) is 0 Å². The SMILES string of the molecule is Cc1[c]c2cccc(F)c2s1. The third-order valence-corrected chi connectivity index (χ3v) is 2.56. The maximum absolute atomic E-state index is 13.0. The van der Waals surface area contributed by atoms with Crippen molar-refractivity contribution in [3.63, 3.8) is 0 Å². The minimum Gasteiger partial charge on any atom is -0.205 e. The lowest BCUT2D eigenvalue weighted by Gasteiger charge is -1.87. The Hall–Kier alpha value is -0.890. The minimum absolute atomic E-state index is 0.142. The lowest BCUT2D eigenvalue weighted by atomic mass is 10.2. The summed E-state index contributed by atoms with van der Waals surface area (Å²) in [6, 6.07) is 8.14. The number of fused-ring (bicyclic) bond motifs is 1. The molecule has 1 aromatic carbocycles. The van der Waals surface area contributed by atoms with Crippen LogP contribution in [0.15, 0.2) is 18.2 Å². The van der Waals surface area contributed by atoms with Crippen LogP contribution in [0, 0.1) is 18.8 Å². The molecule has 2 rings (SSSR count). The van der Waals surface area contributed by atoms with Crippen molar-refractivity contribution >= 4 is 21.4 Å². The smallest absolute Gasteiger partial charge is 0.141 e. The highest BCUT2D eigenvalue weighted by atomic mass is 32.1. The monoisotopic (exact) mass is 165 g/mol. The van der Waals surface area contributed by atoms with Gasteiger partial charge < -0.3 is 0 Å². The summed E-state index contributed by atoms with van der Waals surface area (Å²) in [5.74, 6) is -0.142.